The van der Waals surface area contributed by atoms with Gasteiger partial charge in [-0.05, 0) is 64.4 Å². The summed E-state index contributed by atoms with van der Waals surface area (Å²) in [5, 5.41) is 5.43. The fourth-order valence-corrected chi connectivity index (χ4v) is 8.22. The quantitative estimate of drug-likeness (QED) is 0.221. The first kappa shape index (κ1) is 24.0. The second-order valence-corrected chi connectivity index (χ2v) is 12.6. The SMILES string of the molecule is CC1CC=Cc2c1sc1c2ccc2c1c1ccccc1n2[NH+]1C=C1c1cccc(-c2ccc(-c3ccccc3)cc2)c1. The number of nitrogens with one attached hydrogen (secondary N) is 1. The average molecular weight is 558 g/mol. The number of hydrogen-bond acceptors (Lipinski definition) is 1. The number of aromatic nitrogens is 1. The molecule has 42 heavy (non-hydrogen) atoms. The summed E-state index contributed by atoms with van der Waals surface area (Å²) in [4.78, 5) is 1.53. The first-order valence-electron chi connectivity index (χ1n) is 14.8. The lowest BCUT2D eigenvalue weighted by atomic mass is 9.94. The van der Waals surface area contributed by atoms with Crippen molar-refractivity contribution in [2.45, 2.75) is 19.3 Å². The molecule has 2 atom stereocenters. The highest BCUT2D eigenvalue weighted by atomic mass is 32.1. The van der Waals surface area contributed by atoms with Crippen LogP contribution in [0, 0.1) is 0 Å². The fourth-order valence-electron chi connectivity index (χ4n) is 6.81. The summed E-state index contributed by atoms with van der Waals surface area (Å²) in [6.45, 7) is 2.36. The van der Waals surface area contributed by atoms with Crippen LogP contribution in [-0.4, -0.2) is 4.68 Å². The van der Waals surface area contributed by atoms with Gasteiger partial charge >= 0.3 is 0 Å². The molecular weight excluding hydrogens is 529 g/mol. The first-order valence-corrected chi connectivity index (χ1v) is 15.6. The normalized spacial score (nSPS) is 17.6. The minimum atomic E-state index is 0.582. The van der Waals surface area contributed by atoms with Gasteiger partial charge in [0.25, 0.3) is 0 Å². The largest absolute Gasteiger partial charge is 0.224 e. The van der Waals surface area contributed by atoms with Gasteiger partial charge in [0, 0.05) is 31.3 Å². The molecule has 0 amide bonds. The monoisotopic (exact) mass is 557 g/mol. The number of thiophene rings is 1. The molecule has 7 aromatic rings. The van der Waals surface area contributed by atoms with Crippen molar-refractivity contribution < 1.29 is 5.01 Å². The Morgan fingerprint density at radius 3 is 2.24 bits per heavy atom. The lowest BCUT2D eigenvalue weighted by molar-refractivity contribution is -0.755. The molecule has 0 spiro atoms. The van der Waals surface area contributed by atoms with Crippen molar-refractivity contribution in [1.29, 1.82) is 0 Å². The molecular formula is C39H29N2S+. The molecule has 2 nitrogen and oxygen atoms in total. The summed E-state index contributed by atoms with van der Waals surface area (Å²) >= 11 is 2.00. The van der Waals surface area contributed by atoms with E-state index in [0.29, 0.717) is 5.92 Å². The minimum Gasteiger partial charge on any atom is -0.183 e. The van der Waals surface area contributed by atoms with E-state index < -0.39 is 0 Å². The van der Waals surface area contributed by atoms with E-state index in [0.717, 1.165) is 6.42 Å². The Morgan fingerprint density at radius 2 is 1.38 bits per heavy atom. The molecule has 0 saturated heterocycles. The van der Waals surface area contributed by atoms with Crippen LogP contribution in [0.15, 0.2) is 128 Å². The predicted molar refractivity (Wildman–Crippen MR) is 179 cm³/mol. The maximum absolute atomic E-state index is 2.48. The molecule has 0 fully saturated rings. The van der Waals surface area contributed by atoms with Crippen molar-refractivity contribution in [2.75, 3.05) is 0 Å². The highest BCUT2D eigenvalue weighted by Gasteiger charge is 2.36. The number of rotatable bonds is 4. The third-order valence-electron chi connectivity index (χ3n) is 8.99. The van der Waals surface area contributed by atoms with Gasteiger partial charge in [-0.15, -0.1) is 11.3 Å². The molecule has 1 aliphatic heterocycles. The Kier molecular flexibility index (Phi) is 5.22. The van der Waals surface area contributed by atoms with E-state index in [2.05, 4.69) is 145 Å². The van der Waals surface area contributed by atoms with E-state index in [4.69, 9.17) is 0 Å². The van der Waals surface area contributed by atoms with E-state index in [1.54, 1.807) is 0 Å². The Bertz CT molecular complexity index is 2230. The van der Waals surface area contributed by atoms with Crippen molar-refractivity contribution in [2.24, 2.45) is 0 Å². The van der Waals surface area contributed by atoms with Crippen molar-refractivity contribution in [1.82, 2.24) is 4.68 Å². The molecule has 5 aromatic carbocycles. The Labute approximate surface area is 249 Å². The lowest BCUT2D eigenvalue weighted by Crippen LogP contribution is -2.96. The van der Waals surface area contributed by atoms with Gasteiger partial charge in [-0.3, -0.25) is 0 Å². The highest BCUT2D eigenvalue weighted by Crippen LogP contribution is 2.45. The van der Waals surface area contributed by atoms with Gasteiger partial charge in [-0.2, -0.15) is 9.69 Å². The Balaban J connectivity index is 1.10. The van der Waals surface area contributed by atoms with Crippen LogP contribution in [0.1, 0.15) is 35.3 Å². The van der Waals surface area contributed by atoms with Crippen LogP contribution in [0.3, 0.4) is 0 Å². The number of allylic oxidation sites excluding steroid dienone is 1. The molecule has 0 saturated carbocycles. The summed E-state index contributed by atoms with van der Waals surface area (Å²) in [5.41, 5.74) is 11.6. The zero-order valence-electron chi connectivity index (χ0n) is 23.3. The third-order valence-corrected chi connectivity index (χ3v) is 10.5. The summed E-state index contributed by atoms with van der Waals surface area (Å²) in [7, 11) is 0. The lowest BCUT2D eigenvalue weighted by Gasteiger charge is -2.12. The Morgan fingerprint density at radius 1 is 0.667 bits per heavy atom. The van der Waals surface area contributed by atoms with Crippen LogP contribution in [0.25, 0.3) is 65.9 Å². The maximum atomic E-state index is 2.48. The van der Waals surface area contributed by atoms with E-state index in [1.165, 1.54) is 80.9 Å². The summed E-state index contributed by atoms with van der Waals surface area (Å²) < 4.78 is 3.91. The molecule has 9 rings (SSSR count). The third kappa shape index (κ3) is 3.61. The second-order valence-electron chi connectivity index (χ2n) is 11.6. The molecule has 3 heterocycles. The Hall–Kier alpha value is -4.70. The smallest absolute Gasteiger partial charge is 0.183 e. The highest BCUT2D eigenvalue weighted by molar-refractivity contribution is 7.20. The van der Waals surface area contributed by atoms with E-state index in [9.17, 15) is 0 Å². The number of quaternary nitrogens is 1. The van der Waals surface area contributed by atoms with Crippen LogP contribution in [0.5, 0.6) is 0 Å². The fraction of sp³-hybridized carbons (Fsp3) is 0.0769. The van der Waals surface area contributed by atoms with E-state index in [-0.39, 0.29) is 0 Å². The molecule has 2 aliphatic rings. The van der Waals surface area contributed by atoms with Crippen LogP contribution < -0.4 is 5.01 Å². The number of hydrogen-bond donors (Lipinski definition) is 1. The van der Waals surface area contributed by atoms with Crippen molar-refractivity contribution in [3.63, 3.8) is 0 Å². The van der Waals surface area contributed by atoms with Crippen molar-refractivity contribution >= 4 is 55.0 Å². The van der Waals surface area contributed by atoms with Gasteiger partial charge in [-0.25, -0.2) is 0 Å². The van der Waals surface area contributed by atoms with Crippen molar-refractivity contribution in [3.05, 3.63) is 144 Å². The first-order chi connectivity index (χ1) is 20.7. The number of nitrogens with zero attached hydrogens (tertiary/aromatic N) is 1. The molecule has 2 aromatic heterocycles. The van der Waals surface area contributed by atoms with Crippen LogP contribution in [0.4, 0.5) is 0 Å². The zero-order valence-corrected chi connectivity index (χ0v) is 24.2. The number of benzene rings is 5. The van der Waals surface area contributed by atoms with Crippen LogP contribution in [0.2, 0.25) is 0 Å². The maximum Gasteiger partial charge on any atom is 0.224 e. The summed E-state index contributed by atoms with van der Waals surface area (Å²) in [6, 6.07) is 42.1. The molecule has 0 radical (unpaired) electrons. The predicted octanol–water partition coefficient (Wildman–Crippen LogP) is 9.52. The van der Waals surface area contributed by atoms with E-state index >= 15 is 0 Å². The zero-order chi connectivity index (χ0) is 27.8. The molecule has 1 N–H and O–H groups in total. The molecule has 200 valence electrons. The van der Waals surface area contributed by atoms with Crippen LogP contribution in [-0.2, 0) is 0 Å². The van der Waals surface area contributed by atoms with Gasteiger partial charge < -0.3 is 0 Å². The molecule has 1 aliphatic carbocycles. The molecule has 3 heteroatoms. The van der Waals surface area contributed by atoms with Gasteiger partial charge in [0.1, 0.15) is 11.0 Å². The summed E-state index contributed by atoms with van der Waals surface area (Å²) in [6.07, 6.45) is 8.16. The van der Waals surface area contributed by atoms with Gasteiger partial charge in [-0.1, -0.05) is 110 Å². The minimum absolute atomic E-state index is 0.582. The van der Waals surface area contributed by atoms with Crippen molar-refractivity contribution in [3.8, 4) is 22.3 Å². The standard InChI is InChI=1S/C39H28N2S/c1-25-9-7-15-31-32-21-22-35-37(39(32)42-38(25)31)33-14-5-6-16-34(33)41(35)40-24-36(40)30-13-8-12-29(23-30)28-19-17-27(18-20-28)26-10-3-2-4-11-26/h2-8,10-25H,9H2,1H3/p+1. The van der Waals surface area contributed by atoms with Gasteiger partial charge in [0.2, 0.25) is 5.70 Å². The van der Waals surface area contributed by atoms with Gasteiger partial charge in [0.15, 0.2) is 6.20 Å². The number of fused-ring (bicyclic) bond motifs is 7. The average Bonchev–Trinajstić information content (AvgIpc) is 3.62. The van der Waals surface area contributed by atoms with E-state index in [1.807, 2.05) is 11.3 Å². The molecule has 2 unspecified atom stereocenters. The molecule has 0 bridgehead atoms. The number of para-hydroxylation sites is 1. The summed E-state index contributed by atoms with van der Waals surface area (Å²) in [5.74, 6) is 0.582. The van der Waals surface area contributed by atoms with Gasteiger partial charge in [0.05, 0.1) is 0 Å². The topological polar surface area (TPSA) is 9.37 Å². The second kappa shape index (κ2) is 9.15. The van der Waals surface area contributed by atoms with Crippen LogP contribution >= 0.6 is 11.3 Å².